The Bertz CT molecular complexity index is 637. The van der Waals surface area contributed by atoms with Gasteiger partial charge in [0.1, 0.15) is 18.6 Å². The van der Waals surface area contributed by atoms with Crippen LogP contribution in [-0.2, 0) is 38.7 Å². The molecule has 0 heterocycles. The van der Waals surface area contributed by atoms with Crippen LogP contribution in [0, 0.1) is 5.41 Å². The molecule has 9 nitrogen and oxygen atoms in total. The molecule has 0 saturated carbocycles. The molecule has 0 atom stereocenters. The zero-order valence-corrected chi connectivity index (χ0v) is 15.2. The van der Waals surface area contributed by atoms with E-state index in [1.165, 1.54) is 20.8 Å². The molecule has 0 radical (unpaired) electrons. The first-order chi connectivity index (χ1) is 11.3. The Labute approximate surface area is 182 Å². The van der Waals surface area contributed by atoms with Crippen molar-refractivity contribution in [2.75, 3.05) is 19.2 Å². The van der Waals surface area contributed by atoms with Crippen LogP contribution in [0.4, 0.5) is 0 Å². The third-order valence-corrected chi connectivity index (χ3v) is 3.52. The average Bonchev–Trinajstić information content (AvgIpc) is 2.51. The average molecular weight is 420 g/mol. The fourth-order valence-corrected chi connectivity index (χ4v) is 1.70. The zero-order valence-electron chi connectivity index (χ0n) is 14.4. The van der Waals surface area contributed by atoms with Gasteiger partial charge in [0.05, 0.1) is 0 Å². The summed E-state index contributed by atoms with van der Waals surface area (Å²) in [7, 11) is -4.56. The van der Waals surface area contributed by atoms with E-state index in [1.807, 2.05) is 0 Å². The van der Waals surface area contributed by atoms with E-state index in [-0.39, 0.29) is 55.3 Å². The molecule has 146 valence electrons. The summed E-state index contributed by atoms with van der Waals surface area (Å²) in [4.78, 5) is 35.4. The van der Waals surface area contributed by atoms with Gasteiger partial charge in [-0.3, -0.25) is 9.35 Å². The second-order valence-electron chi connectivity index (χ2n) is 5.48. The number of esters is 3. The van der Waals surface area contributed by atoms with Gasteiger partial charge in [-0.15, -0.1) is 0 Å². The molecule has 0 spiro atoms. The molecular formula is C15H24CaO9S. The Hall–Kier alpha value is -0.940. The summed E-state index contributed by atoms with van der Waals surface area (Å²) in [5.41, 5.74) is -1.49. The number of ether oxygens (including phenoxy) is 3. The summed E-state index contributed by atoms with van der Waals surface area (Å²) >= 11 is 0. The fraction of sp³-hybridized carbons (Fsp3) is 0.533. The molecule has 11 heteroatoms. The molecule has 0 aliphatic rings. The molecule has 0 bridgehead atoms. The number of carbonyl (C=O) groups is 3. The second-order valence-corrected chi connectivity index (χ2v) is 6.88. The molecule has 0 aromatic rings. The Morgan fingerprint density at radius 2 is 1.35 bits per heavy atom. The summed E-state index contributed by atoms with van der Waals surface area (Å²) in [6, 6.07) is 0. The van der Waals surface area contributed by atoms with Crippen molar-refractivity contribution in [3.05, 3.63) is 24.3 Å². The van der Waals surface area contributed by atoms with Crippen LogP contribution in [0.5, 0.6) is 0 Å². The second kappa shape index (κ2) is 11.7. The van der Waals surface area contributed by atoms with Crippen LogP contribution in [0.1, 0.15) is 27.2 Å². The summed E-state index contributed by atoms with van der Waals surface area (Å²) in [5.74, 6) is -3.97. The van der Waals surface area contributed by atoms with Crippen molar-refractivity contribution < 1.29 is 41.6 Å². The van der Waals surface area contributed by atoms with Gasteiger partial charge in [-0.2, -0.15) is 8.42 Å². The summed E-state index contributed by atoms with van der Waals surface area (Å²) in [5, 5.41) is 0. The number of hydrogen-bond acceptors (Lipinski definition) is 8. The molecule has 0 saturated heterocycles. The molecular weight excluding hydrogens is 396 g/mol. The van der Waals surface area contributed by atoms with Crippen LogP contribution < -0.4 is 0 Å². The topological polar surface area (TPSA) is 133 Å². The van der Waals surface area contributed by atoms with Gasteiger partial charge >= 0.3 is 65.8 Å². The first-order valence-electron chi connectivity index (χ1n) is 7.12. The van der Waals surface area contributed by atoms with Gasteiger partial charge in [-0.25, -0.2) is 9.59 Å². The van der Waals surface area contributed by atoms with E-state index in [2.05, 4.69) is 17.9 Å². The minimum atomic E-state index is -4.56. The van der Waals surface area contributed by atoms with E-state index in [0.717, 1.165) is 0 Å². The van der Waals surface area contributed by atoms with Crippen molar-refractivity contribution >= 4 is 65.8 Å². The van der Waals surface area contributed by atoms with Crippen molar-refractivity contribution in [3.8, 4) is 0 Å². The minimum absolute atomic E-state index is 0. The first-order valence-corrected chi connectivity index (χ1v) is 8.73. The SMILES string of the molecule is C=C(C)C(=O)OCC(CC)(COC(=O)C(=C)C)C(=O)OCS(=O)(=O)O.[CaH2]. The van der Waals surface area contributed by atoms with Gasteiger partial charge in [0.15, 0.2) is 0 Å². The maximum atomic E-state index is 12.3. The quantitative estimate of drug-likeness (QED) is 0.172. The predicted octanol–water partition coefficient (Wildman–Crippen LogP) is 0.0937. The zero-order chi connectivity index (χ0) is 19.8. The van der Waals surface area contributed by atoms with E-state index >= 15 is 0 Å². The van der Waals surface area contributed by atoms with Gasteiger partial charge in [-0.1, -0.05) is 20.1 Å². The normalized spacial score (nSPS) is 10.9. The molecule has 0 aromatic heterocycles. The van der Waals surface area contributed by atoms with Crippen molar-refractivity contribution in [2.24, 2.45) is 5.41 Å². The van der Waals surface area contributed by atoms with Crippen LogP contribution in [0.2, 0.25) is 0 Å². The van der Waals surface area contributed by atoms with Crippen LogP contribution in [0.3, 0.4) is 0 Å². The standard InChI is InChI=1S/C15H22O9S.Ca.2H/c1-6-15(7-22-12(16)10(2)3,8-23-13(17)11(4)5)14(18)24-9-25(19,20)21;;;/h2,4,6-9H2,1,3,5H3,(H,19,20,21);;;. The Morgan fingerprint density at radius 1 is 0.962 bits per heavy atom. The maximum absolute atomic E-state index is 12.3. The van der Waals surface area contributed by atoms with Crippen LogP contribution in [-0.4, -0.2) is 87.8 Å². The summed E-state index contributed by atoms with van der Waals surface area (Å²) in [6.45, 7) is 10.0. The number of hydrogen-bond donors (Lipinski definition) is 1. The monoisotopic (exact) mass is 420 g/mol. The van der Waals surface area contributed by atoms with Gasteiger partial charge in [0.2, 0.25) is 5.94 Å². The van der Waals surface area contributed by atoms with Crippen molar-refractivity contribution in [1.82, 2.24) is 0 Å². The van der Waals surface area contributed by atoms with Crippen molar-refractivity contribution in [2.45, 2.75) is 27.2 Å². The molecule has 0 aliphatic carbocycles. The van der Waals surface area contributed by atoms with Gasteiger partial charge in [0.25, 0.3) is 0 Å². The van der Waals surface area contributed by atoms with E-state index in [1.54, 1.807) is 0 Å². The molecule has 26 heavy (non-hydrogen) atoms. The Morgan fingerprint density at radius 3 is 1.62 bits per heavy atom. The van der Waals surface area contributed by atoms with E-state index in [4.69, 9.17) is 14.0 Å². The van der Waals surface area contributed by atoms with E-state index in [9.17, 15) is 22.8 Å². The van der Waals surface area contributed by atoms with Crippen molar-refractivity contribution in [3.63, 3.8) is 0 Å². The van der Waals surface area contributed by atoms with Crippen LogP contribution in [0.15, 0.2) is 24.3 Å². The predicted molar refractivity (Wildman–Crippen MR) is 95.3 cm³/mol. The van der Waals surface area contributed by atoms with Gasteiger partial charge < -0.3 is 14.2 Å². The summed E-state index contributed by atoms with van der Waals surface area (Å²) < 4.78 is 44.6. The molecule has 0 aromatic carbocycles. The van der Waals surface area contributed by atoms with Crippen LogP contribution in [0.25, 0.3) is 0 Å². The fourth-order valence-electron chi connectivity index (χ4n) is 1.44. The van der Waals surface area contributed by atoms with Gasteiger partial charge in [0, 0.05) is 11.1 Å². The molecule has 0 rings (SSSR count). The number of rotatable bonds is 10. The third kappa shape index (κ3) is 9.67. The molecule has 0 fully saturated rings. The van der Waals surface area contributed by atoms with E-state index in [0.29, 0.717) is 0 Å². The van der Waals surface area contributed by atoms with E-state index < -0.39 is 52.6 Å². The van der Waals surface area contributed by atoms with Crippen molar-refractivity contribution in [1.29, 1.82) is 0 Å². The first kappa shape index (κ1) is 27.3. The van der Waals surface area contributed by atoms with Crippen LogP contribution >= 0.6 is 0 Å². The Kier molecular flexibility index (Phi) is 12.3. The molecule has 0 aliphatic heterocycles. The molecule has 0 amide bonds. The van der Waals surface area contributed by atoms with Gasteiger partial charge in [-0.05, 0) is 20.3 Å². The number of carbonyl (C=O) groups excluding carboxylic acids is 3. The Balaban J connectivity index is 0. The molecule has 0 unspecified atom stereocenters. The summed E-state index contributed by atoms with van der Waals surface area (Å²) in [6.07, 6.45) is -0.00967. The third-order valence-electron chi connectivity index (χ3n) is 3.10. The molecule has 1 N–H and O–H groups in total.